The second kappa shape index (κ2) is 8.35. The molecular formula is C22H32N4O2. The van der Waals surface area contributed by atoms with E-state index in [9.17, 15) is 4.79 Å². The third-order valence-corrected chi connectivity index (χ3v) is 5.28. The number of carbonyl (C=O) groups is 1. The van der Waals surface area contributed by atoms with Crippen molar-refractivity contribution < 1.29 is 9.53 Å². The molecule has 1 aliphatic heterocycles. The number of aromatic nitrogens is 2. The maximum atomic E-state index is 12.8. The van der Waals surface area contributed by atoms with E-state index in [0.29, 0.717) is 18.8 Å². The zero-order valence-corrected chi connectivity index (χ0v) is 17.5. The topological polar surface area (TPSA) is 84.2 Å². The second-order valence-corrected chi connectivity index (χ2v) is 8.47. The van der Waals surface area contributed by atoms with Gasteiger partial charge in [-0.3, -0.25) is 9.89 Å². The number of amides is 1. The molecule has 0 bridgehead atoms. The zero-order chi connectivity index (χ0) is 20.3. The fourth-order valence-corrected chi connectivity index (χ4v) is 3.86. The van der Waals surface area contributed by atoms with Gasteiger partial charge in [0.05, 0.1) is 11.1 Å². The number of H-pyrrole nitrogens is 1. The van der Waals surface area contributed by atoms with Gasteiger partial charge in [0, 0.05) is 24.2 Å². The van der Waals surface area contributed by atoms with E-state index < -0.39 is 5.41 Å². The minimum Gasteiger partial charge on any atom is -0.475 e. The molecule has 2 aromatic rings. The summed E-state index contributed by atoms with van der Waals surface area (Å²) in [5, 5.41) is 7.53. The lowest BCUT2D eigenvalue weighted by Gasteiger charge is -2.28. The Morgan fingerprint density at radius 2 is 1.86 bits per heavy atom. The van der Waals surface area contributed by atoms with E-state index in [2.05, 4.69) is 42.2 Å². The lowest BCUT2D eigenvalue weighted by molar-refractivity contribution is -0.140. The number of benzene rings is 1. The van der Waals surface area contributed by atoms with Crippen LogP contribution in [0.3, 0.4) is 0 Å². The number of rotatable bonds is 7. The normalized spacial score (nSPS) is 14.5. The van der Waals surface area contributed by atoms with Gasteiger partial charge in [-0.15, -0.1) is 5.10 Å². The second-order valence-electron chi connectivity index (χ2n) is 8.47. The molecule has 0 spiro atoms. The molecule has 0 saturated carbocycles. The van der Waals surface area contributed by atoms with Crippen molar-refractivity contribution in [2.45, 2.75) is 47.0 Å². The summed E-state index contributed by atoms with van der Waals surface area (Å²) in [4.78, 5) is 14.7. The fourth-order valence-electron chi connectivity index (χ4n) is 3.86. The molecule has 0 radical (unpaired) electrons. The molecule has 0 aliphatic carbocycles. The quantitative estimate of drug-likeness (QED) is 0.768. The summed E-state index contributed by atoms with van der Waals surface area (Å²) < 4.78 is 6.05. The highest BCUT2D eigenvalue weighted by molar-refractivity contribution is 5.82. The van der Waals surface area contributed by atoms with Gasteiger partial charge in [0.1, 0.15) is 6.61 Å². The van der Waals surface area contributed by atoms with Crippen molar-refractivity contribution in [1.29, 1.82) is 0 Å². The number of hydrogen-bond donors (Lipinski definition) is 2. The number of aryl methyl sites for hydroxylation is 2. The fraction of sp³-hybridized carbons (Fsp3) is 0.545. The molecule has 2 heterocycles. The van der Waals surface area contributed by atoms with E-state index in [-0.39, 0.29) is 12.5 Å². The van der Waals surface area contributed by atoms with Crippen LogP contribution in [0.15, 0.2) is 18.2 Å². The molecule has 3 N–H and O–H groups in total. The van der Waals surface area contributed by atoms with Gasteiger partial charge in [-0.2, -0.15) is 0 Å². The first-order chi connectivity index (χ1) is 13.3. The van der Waals surface area contributed by atoms with Gasteiger partial charge in [0.25, 0.3) is 0 Å². The SMILES string of the molecule is Cc1cc(C)cc(-c2[nH]nc(OCC(C)(C)C(=O)N3CCCC3)c2CCN)c1. The number of nitrogens with two attached hydrogens (primary N) is 1. The van der Waals surface area contributed by atoms with Crippen LogP contribution in [0.4, 0.5) is 0 Å². The maximum absolute atomic E-state index is 12.8. The van der Waals surface area contributed by atoms with Gasteiger partial charge >= 0.3 is 0 Å². The van der Waals surface area contributed by atoms with Gasteiger partial charge in [-0.1, -0.05) is 17.2 Å². The van der Waals surface area contributed by atoms with Crippen molar-refractivity contribution >= 4 is 5.91 Å². The molecule has 152 valence electrons. The number of ether oxygens (including phenoxy) is 1. The van der Waals surface area contributed by atoms with Crippen LogP contribution < -0.4 is 10.5 Å². The van der Waals surface area contributed by atoms with Crippen molar-refractivity contribution in [3.63, 3.8) is 0 Å². The Morgan fingerprint density at radius 3 is 2.46 bits per heavy atom. The van der Waals surface area contributed by atoms with Crippen molar-refractivity contribution in [3.05, 3.63) is 34.9 Å². The molecule has 1 fully saturated rings. The van der Waals surface area contributed by atoms with E-state index in [1.165, 1.54) is 11.1 Å². The minimum absolute atomic E-state index is 0.149. The van der Waals surface area contributed by atoms with Crippen molar-refractivity contribution in [2.24, 2.45) is 11.1 Å². The monoisotopic (exact) mass is 384 g/mol. The molecule has 6 nitrogen and oxygen atoms in total. The van der Waals surface area contributed by atoms with Gasteiger partial charge in [0.2, 0.25) is 11.8 Å². The van der Waals surface area contributed by atoms with Crippen LogP contribution in [-0.2, 0) is 11.2 Å². The summed E-state index contributed by atoms with van der Waals surface area (Å²) in [7, 11) is 0. The van der Waals surface area contributed by atoms with E-state index in [1.807, 2.05) is 18.7 Å². The van der Waals surface area contributed by atoms with Gasteiger partial charge in [-0.25, -0.2) is 0 Å². The third kappa shape index (κ3) is 4.38. The summed E-state index contributed by atoms with van der Waals surface area (Å²) in [6.45, 7) is 10.5. The number of nitrogens with zero attached hydrogens (tertiary/aromatic N) is 2. The van der Waals surface area contributed by atoms with Crippen molar-refractivity contribution in [1.82, 2.24) is 15.1 Å². The zero-order valence-electron chi connectivity index (χ0n) is 17.5. The molecule has 3 rings (SSSR count). The summed E-state index contributed by atoms with van der Waals surface area (Å²) in [6.07, 6.45) is 2.83. The lowest BCUT2D eigenvalue weighted by atomic mass is 9.93. The molecule has 6 heteroatoms. The first-order valence-corrected chi connectivity index (χ1v) is 10.1. The Bertz CT molecular complexity index is 815. The summed E-state index contributed by atoms with van der Waals surface area (Å²) in [5.41, 5.74) is 10.6. The smallest absolute Gasteiger partial charge is 0.236 e. The Kier molecular flexibility index (Phi) is 6.08. The number of likely N-dealkylation sites (tertiary alicyclic amines) is 1. The number of carbonyl (C=O) groups excluding carboxylic acids is 1. The van der Waals surface area contributed by atoms with Gasteiger partial charge in [-0.05, 0) is 65.6 Å². The van der Waals surface area contributed by atoms with Crippen LogP contribution in [0, 0.1) is 19.3 Å². The van der Waals surface area contributed by atoms with E-state index >= 15 is 0 Å². The number of hydrogen-bond acceptors (Lipinski definition) is 4. The van der Waals surface area contributed by atoms with E-state index in [1.54, 1.807) is 0 Å². The highest BCUT2D eigenvalue weighted by atomic mass is 16.5. The van der Waals surface area contributed by atoms with Gasteiger partial charge in [0.15, 0.2) is 0 Å². The number of nitrogens with one attached hydrogen (secondary N) is 1. The van der Waals surface area contributed by atoms with Crippen LogP contribution in [0.25, 0.3) is 11.3 Å². The molecule has 0 atom stereocenters. The molecule has 1 aromatic heterocycles. The van der Waals surface area contributed by atoms with E-state index in [0.717, 1.165) is 42.8 Å². The van der Waals surface area contributed by atoms with Crippen LogP contribution in [-0.4, -0.2) is 47.2 Å². The highest BCUT2D eigenvalue weighted by Crippen LogP contribution is 2.31. The van der Waals surface area contributed by atoms with Crippen LogP contribution in [0.5, 0.6) is 5.88 Å². The van der Waals surface area contributed by atoms with Gasteiger partial charge < -0.3 is 15.4 Å². The Labute approximate surface area is 167 Å². The molecule has 1 aromatic carbocycles. The molecule has 28 heavy (non-hydrogen) atoms. The average Bonchev–Trinajstić information content (AvgIpc) is 3.29. The predicted molar refractivity (Wildman–Crippen MR) is 111 cm³/mol. The third-order valence-electron chi connectivity index (χ3n) is 5.28. The van der Waals surface area contributed by atoms with Crippen LogP contribution >= 0.6 is 0 Å². The largest absolute Gasteiger partial charge is 0.475 e. The first-order valence-electron chi connectivity index (χ1n) is 10.1. The Balaban J connectivity index is 1.80. The Morgan fingerprint density at radius 1 is 1.21 bits per heavy atom. The predicted octanol–water partition coefficient (Wildman–Crippen LogP) is 3.22. The molecular weight excluding hydrogens is 352 g/mol. The van der Waals surface area contributed by atoms with Crippen LogP contribution in [0.2, 0.25) is 0 Å². The maximum Gasteiger partial charge on any atom is 0.236 e. The molecule has 0 unspecified atom stereocenters. The van der Waals surface area contributed by atoms with E-state index in [4.69, 9.17) is 10.5 Å². The molecule has 1 amide bonds. The standard InChI is InChI=1S/C22H32N4O2/c1-15-11-16(2)13-17(12-15)19-18(7-8-23)20(25-24-19)28-14-22(3,4)21(27)26-9-5-6-10-26/h11-13H,5-10,14,23H2,1-4H3,(H,24,25). The highest BCUT2D eigenvalue weighted by Gasteiger charge is 2.34. The summed E-state index contributed by atoms with van der Waals surface area (Å²) in [5.74, 6) is 0.692. The van der Waals surface area contributed by atoms with Crippen molar-refractivity contribution in [2.75, 3.05) is 26.2 Å². The summed E-state index contributed by atoms with van der Waals surface area (Å²) >= 11 is 0. The minimum atomic E-state index is -0.594. The lowest BCUT2D eigenvalue weighted by Crippen LogP contribution is -2.42. The Hall–Kier alpha value is -2.34. The molecule has 1 aliphatic rings. The van der Waals surface area contributed by atoms with Crippen molar-refractivity contribution in [3.8, 4) is 17.1 Å². The molecule has 1 saturated heterocycles. The van der Waals surface area contributed by atoms with Crippen LogP contribution in [0.1, 0.15) is 43.4 Å². The number of aromatic amines is 1. The first kappa shape index (κ1) is 20.4. The summed E-state index contributed by atoms with van der Waals surface area (Å²) in [6, 6.07) is 6.41. The average molecular weight is 385 g/mol.